The minimum Gasteiger partial charge on any atom is -0.324 e. The van der Waals surface area contributed by atoms with E-state index in [2.05, 4.69) is 5.32 Å². The minimum absolute atomic E-state index is 0.162. The van der Waals surface area contributed by atoms with E-state index >= 15 is 0 Å². The molecule has 1 aromatic carbocycles. The molecule has 0 unspecified atom stereocenters. The van der Waals surface area contributed by atoms with Gasteiger partial charge in [-0.15, -0.1) is 0 Å². The highest BCUT2D eigenvalue weighted by molar-refractivity contribution is 6.10. The summed E-state index contributed by atoms with van der Waals surface area (Å²) >= 11 is 0. The Labute approximate surface area is 146 Å². The van der Waals surface area contributed by atoms with Gasteiger partial charge in [0.25, 0.3) is 0 Å². The van der Waals surface area contributed by atoms with Crippen molar-refractivity contribution in [3.8, 4) is 0 Å². The van der Waals surface area contributed by atoms with Crippen LogP contribution in [0.4, 0.5) is 5.69 Å². The van der Waals surface area contributed by atoms with E-state index in [1.807, 2.05) is 0 Å². The standard InChI is InChI=1S/C19H22N2O4/c1-13(22)14-7-3-4-8-15(14)20-16(23)12-21-17(24)11-19(18(21)25)9-5-2-6-10-19/h3-4,7-8H,2,5-6,9-12H2,1H3,(H,20,23). The molecule has 3 rings (SSSR count). The lowest BCUT2D eigenvalue weighted by Gasteiger charge is -2.30. The Hall–Kier alpha value is -2.50. The summed E-state index contributed by atoms with van der Waals surface area (Å²) in [6.07, 6.45) is 4.65. The fourth-order valence-corrected chi connectivity index (χ4v) is 3.87. The summed E-state index contributed by atoms with van der Waals surface area (Å²) in [6.45, 7) is 1.12. The van der Waals surface area contributed by atoms with Gasteiger partial charge in [-0.1, -0.05) is 31.4 Å². The van der Waals surface area contributed by atoms with Gasteiger partial charge in [-0.3, -0.25) is 24.1 Å². The second kappa shape index (κ2) is 6.78. The van der Waals surface area contributed by atoms with E-state index in [1.165, 1.54) is 6.92 Å². The van der Waals surface area contributed by atoms with Crippen molar-refractivity contribution in [1.29, 1.82) is 0 Å². The lowest BCUT2D eigenvalue weighted by Crippen LogP contribution is -2.41. The molecule has 2 aliphatic rings. The molecule has 1 N–H and O–H groups in total. The van der Waals surface area contributed by atoms with Crippen LogP contribution in [-0.2, 0) is 14.4 Å². The Bertz CT molecular complexity index is 735. The lowest BCUT2D eigenvalue weighted by atomic mass is 9.73. The number of hydrogen-bond acceptors (Lipinski definition) is 4. The average Bonchev–Trinajstić information content (AvgIpc) is 2.80. The smallest absolute Gasteiger partial charge is 0.244 e. The van der Waals surface area contributed by atoms with E-state index < -0.39 is 11.3 Å². The molecule has 1 saturated heterocycles. The van der Waals surface area contributed by atoms with Gasteiger partial charge in [0.15, 0.2) is 5.78 Å². The van der Waals surface area contributed by atoms with Crippen LogP contribution in [0.15, 0.2) is 24.3 Å². The number of benzene rings is 1. The molecule has 1 aliphatic heterocycles. The maximum absolute atomic E-state index is 12.7. The average molecular weight is 342 g/mol. The van der Waals surface area contributed by atoms with Gasteiger partial charge in [0.2, 0.25) is 17.7 Å². The third-order valence-electron chi connectivity index (χ3n) is 5.18. The van der Waals surface area contributed by atoms with Crippen molar-refractivity contribution >= 4 is 29.2 Å². The molecular weight excluding hydrogens is 320 g/mol. The Morgan fingerprint density at radius 3 is 2.48 bits per heavy atom. The number of ketones is 1. The normalized spacial score (nSPS) is 19.3. The second-order valence-electron chi connectivity index (χ2n) is 6.95. The molecule has 1 spiro atoms. The summed E-state index contributed by atoms with van der Waals surface area (Å²) in [4.78, 5) is 50.1. The fraction of sp³-hybridized carbons (Fsp3) is 0.474. The number of carbonyl (C=O) groups excluding carboxylic acids is 4. The van der Waals surface area contributed by atoms with Crippen LogP contribution in [0.1, 0.15) is 55.8 Å². The predicted octanol–water partition coefficient (Wildman–Crippen LogP) is 2.54. The zero-order valence-electron chi connectivity index (χ0n) is 14.3. The second-order valence-corrected chi connectivity index (χ2v) is 6.95. The minimum atomic E-state index is -0.590. The number of hydrogen-bond donors (Lipinski definition) is 1. The molecule has 1 heterocycles. The Morgan fingerprint density at radius 1 is 1.12 bits per heavy atom. The van der Waals surface area contributed by atoms with Crippen LogP contribution in [0, 0.1) is 5.41 Å². The van der Waals surface area contributed by atoms with Crippen LogP contribution in [0.25, 0.3) is 0 Å². The van der Waals surface area contributed by atoms with E-state index in [9.17, 15) is 19.2 Å². The molecule has 6 nitrogen and oxygen atoms in total. The predicted molar refractivity (Wildman–Crippen MR) is 91.9 cm³/mol. The monoisotopic (exact) mass is 342 g/mol. The number of para-hydroxylation sites is 1. The summed E-state index contributed by atoms with van der Waals surface area (Å²) in [6, 6.07) is 6.68. The largest absolute Gasteiger partial charge is 0.324 e. The summed E-state index contributed by atoms with van der Waals surface area (Å²) in [5, 5.41) is 2.65. The fourth-order valence-electron chi connectivity index (χ4n) is 3.87. The van der Waals surface area contributed by atoms with Crippen LogP contribution in [0.3, 0.4) is 0 Å². The maximum atomic E-state index is 12.7. The van der Waals surface area contributed by atoms with Crippen LogP contribution in [0.5, 0.6) is 0 Å². The van der Waals surface area contributed by atoms with Crippen LogP contribution in [-0.4, -0.2) is 34.9 Å². The molecule has 1 aliphatic carbocycles. The number of Topliss-reactive ketones (excluding diaryl/α,β-unsaturated/α-hetero) is 1. The SMILES string of the molecule is CC(=O)c1ccccc1NC(=O)CN1C(=O)CC2(CCCCC2)C1=O. The van der Waals surface area contributed by atoms with Gasteiger partial charge in [-0.25, -0.2) is 0 Å². The molecule has 1 aromatic rings. The molecule has 0 aromatic heterocycles. The number of nitrogens with one attached hydrogen (secondary N) is 1. The first-order chi connectivity index (χ1) is 11.9. The molecule has 3 amide bonds. The molecule has 132 valence electrons. The van der Waals surface area contributed by atoms with Crippen molar-refractivity contribution in [1.82, 2.24) is 4.90 Å². The van der Waals surface area contributed by atoms with Crippen molar-refractivity contribution < 1.29 is 19.2 Å². The van der Waals surface area contributed by atoms with E-state index in [0.29, 0.717) is 11.3 Å². The number of rotatable bonds is 4. The van der Waals surface area contributed by atoms with Gasteiger partial charge in [-0.2, -0.15) is 0 Å². The first-order valence-corrected chi connectivity index (χ1v) is 8.68. The molecule has 0 bridgehead atoms. The van der Waals surface area contributed by atoms with E-state index in [1.54, 1.807) is 24.3 Å². The van der Waals surface area contributed by atoms with Crippen molar-refractivity contribution in [3.05, 3.63) is 29.8 Å². The van der Waals surface area contributed by atoms with E-state index in [0.717, 1.165) is 37.0 Å². The van der Waals surface area contributed by atoms with Crippen LogP contribution in [0.2, 0.25) is 0 Å². The molecule has 1 saturated carbocycles. The summed E-state index contributed by atoms with van der Waals surface area (Å²) in [5.74, 6) is -1.12. The molecule has 2 fully saturated rings. The Morgan fingerprint density at radius 2 is 1.80 bits per heavy atom. The first-order valence-electron chi connectivity index (χ1n) is 8.68. The number of likely N-dealkylation sites (tertiary alicyclic amines) is 1. The molecule has 0 atom stereocenters. The Kier molecular flexibility index (Phi) is 4.70. The van der Waals surface area contributed by atoms with Gasteiger partial charge in [-0.05, 0) is 31.9 Å². The topological polar surface area (TPSA) is 83.6 Å². The first kappa shape index (κ1) is 17.3. The van der Waals surface area contributed by atoms with Crippen molar-refractivity contribution in [2.45, 2.75) is 45.4 Å². The highest BCUT2D eigenvalue weighted by Gasteiger charge is 2.51. The van der Waals surface area contributed by atoms with Gasteiger partial charge in [0, 0.05) is 12.0 Å². The molecular formula is C19H22N2O4. The van der Waals surface area contributed by atoms with Gasteiger partial charge >= 0.3 is 0 Å². The number of anilines is 1. The third-order valence-corrected chi connectivity index (χ3v) is 5.18. The van der Waals surface area contributed by atoms with Crippen molar-refractivity contribution in [3.63, 3.8) is 0 Å². The van der Waals surface area contributed by atoms with Gasteiger partial charge in [0.05, 0.1) is 11.1 Å². The van der Waals surface area contributed by atoms with Gasteiger partial charge in [0.1, 0.15) is 6.54 Å². The molecule has 25 heavy (non-hydrogen) atoms. The molecule has 0 radical (unpaired) electrons. The molecule has 6 heteroatoms. The summed E-state index contributed by atoms with van der Waals surface area (Å²) < 4.78 is 0. The van der Waals surface area contributed by atoms with Crippen LogP contribution < -0.4 is 5.32 Å². The summed E-state index contributed by atoms with van der Waals surface area (Å²) in [7, 11) is 0. The van der Waals surface area contributed by atoms with E-state index in [-0.39, 0.29) is 30.6 Å². The maximum Gasteiger partial charge on any atom is 0.244 e. The van der Waals surface area contributed by atoms with Gasteiger partial charge < -0.3 is 5.32 Å². The third kappa shape index (κ3) is 3.34. The Balaban J connectivity index is 1.70. The van der Waals surface area contributed by atoms with Crippen molar-refractivity contribution in [2.24, 2.45) is 5.41 Å². The summed E-state index contributed by atoms with van der Waals surface area (Å²) in [5.41, 5.74) is 0.206. The van der Waals surface area contributed by atoms with Crippen molar-refractivity contribution in [2.75, 3.05) is 11.9 Å². The number of nitrogens with zero attached hydrogens (tertiary/aromatic N) is 1. The number of imide groups is 1. The van der Waals surface area contributed by atoms with Crippen LogP contribution >= 0.6 is 0 Å². The van der Waals surface area contributed by atoms with E-state index in [4.69, 9.17) is 0 Å². The zero-order chi connectivity index (χ0) is 18.0. The zero-order valence-corrected chi connectivity index (χ0v) is 14.3. The quantitative estimate of drug-likeness (QED) is 0.673. The highest BCUT2D eigenvalue weighted by Crippen LogP contribution is 2.45. The highest BCUT2D eigenvalue weighted by atomic mass is 16.2. The number of amides is 3. The number of carbonyl (C=O) groups is 4. The lowest BCUT2D eigenvalue weighted by molar-refractivity contribution is -0.144.